The number of nitrogens with one attached hydrogen (secondary N) is 1. The molecule has 0 fully saturated rings. The minimum absolute atomic E-state index is 0.0690. The van der Waals surface area contributed by atoms with Crippen molar-refractivity contribution < 1.29 is 18.0 Å². The van der Waals surface area contributed by atoms with Crippen molar-refractivity contribution >= 4 is 5.91 Å². The summed E-state index contributed by atoms with van der Waals surface area (Å²) in [5.74, 6) is 2.39. The van der Waals surface area contributed by atoms with Gasteiger partial charge in [0.1, 0.15) is 5.82 Å². The molecule has 94 valence electrons. The van der Waals surface area contributed by atoms with Crippen LogP contribution in [0, 0.1) is 5.82 Å². The number of halogens is 3. The van der Waals surface area contributed by atoms with Gasteiger partial charge in [-0.15, -0.1) is 0 Å². The van der Waals surface area contributed by atoms with Crippen LogP contribution in [0.5, 0.6) is 0 Å². The fraction of sp³-hybridized carbons (Fsp3) is 0.300. The SMILES string of the molecule is CN(Cc1ccccc1F)C(F)(F)C(=O)NN. The molecule has 1 rings (SSSR count). The van der Waals surface area contributed by atoms with Crippen molar-refractivity contribution in [3.8, 4) is 0 Å². The lowest BCUT2D eigenvalue weighted by Gasteiger charge is -2.25. The van der Waals surface area contributed by atoms with Crippen LogP contribution < -0.4 is 11.3 Å². The Morgan fingerprint density at radius 3 is 2.59 bits per heavy atom. The molecule has 0 spiro atoms. The maximum Gasteiger partial charge on any atom is 0.385 e. The van der Waals surface area contributed by atoms with Gasteiger partial charge in [-0.3, -0.25) is 10.2 Å². The molecule has 17 heavy (non-hydrogen) atoms. The number of carbonyl (C=O) groups excluding carboxylic acids is 1. The monoisotopic (exact) mass is 247 g/mol. The first-order chi connectivity index (χ1) is 7.89. The molecule has 0 saturated carbocycles. The number of hydrazine groups is 1. The van der Waals surface area contributed by atoms with Crippen LogP contribution >= 0.6 is 0 Å². The highest BCUT2D eigenvalue weighted by Crippen LogP contribution is 2.21. The quantitative estimate of drug-likeness (QED) is 0.359. The second-order valence-electron chi connectivity index (χ2n) is 3.46. The number of amides is 1. The molecule has 0 radical (unpaired) electrons. The minimum atomic E-state index is -3.79. The van der Waals surface area contributed by atoms with Crippen molar-refractivity contribution in [2.75, 3.05) is 7.05 Å². The number of carbonyl (C=O) groups is 1. The van der Waals surface area contributed by atoms with Gasteiger partial charge >= 0.3 is 12.0 Å². The summed E-state index contributed by atoms with van der Waals surface area (Å²) in [5.41, 5.74) is 1.43. The number of alkyl halides is 2. The van der Waals surface area contributed by atoms with Crippen LogP contribution in [0.15, 0.2) is 24.3 Å². The van der Waals surface area contributed by atoms with E-state index in [4.69, 9.17) is 0 Å². The molecule has 7 heteroatoms. The van der Waals surface area contributed by atoms with E-state index < -0.39 is 24.3 Å². The molecule has 0 aromatic heterocycles. The predicted octanol–water partition coefficient (Wildman–Crippen LogP) is 0.840. The average molecular weight is 247 g/mol. The Labute approximate surface area is 96.2 Å². The van der Waals surface area contributed by atoms with Gasteiger partial charge < -0.3 is 0 Å². The van der Waals surface area contributed by atoms with Gasteiger partial charge in [-0.1, -0.05) is 18.2 Å². The molecule has 1 aromatic carbocycles. The maximum absolute atomic E-state index is 13.3. The second kappa shape index (κ2) is 5.15. The molecule has 1 amide bonds. The van der Waals surface area contributed by atoms with E-state index in [0.717, 1.165) is 13.1 Å². The van der Waals surface area contributed by atoms with Crippen molar-refractivity contribution in [2.24, 2.45) is 5.84 Å². The van der Waals surface area contributed by atoms with E-state index >= 15 is 0 Å². The normalized spacial score (nSPS) is 11.6. The Bertz CT molecular complexity index is 412. The van der Waals surface area contributed by atoms with Crippen LogP contribution in [0.1, 0.15) is 5.56 Å². The van der Waals surface area contributed by atoms with E-state index in [2.05, 4.69) is 5.84 Å². The Balaban J connectivity index is 2.82. The fourth-order valence-corrected chi connectivity index (χ4v) is 1.24. The standard InChI is InChI=1S/C10H12F3N3O/c1-16(10(12,13)9(17)15-14)6-7-4-2-3-5-8(7)11/h2-5H,6,14H2,1H3,(H,15,17). The van der Waals surface area contributed by atoms with Gasteiger partial charge in [0, 0.05) is 12.1 Å². The van der Waals surface area contributed by atoms with Gasteiger partial charge in [0.15, 0.2) is 0 Å². The van der Waals surface area contributed by atoms with Crippen molar-refractivity contribution in [1.29, 1.82) is 0 Å². The molecule has 0 aliphatic carbocycles. The Kier molecular flexibility index (Phi) is 4.08. The van der Waals surface area contributed by atoms with Crippen LogP contribution in [-0.2, 0) is 11.3 Å². The number of nitrogens with zero attached hydrogens (tertiary/aromatic N) is 1. The zero-order valence-corrected chi connectivity index (χ0v) is 9.08. The van der Waals surface area contributed by atoms with E-state index in [0.29, 0.717) is 4.90 Å². The van der Waals surface area contributed by atoms with Gasteiger partial charge in [0.25, 0.3) is 0 Å². The molecule has 0 unspecified atom stereocenters. The van der Waals surface area contributed by atoms with E-state index in [-0.39, 0.29) is 5.56 Å². The lowest BCUT2D eigenvalue weighted by molar-refractivity contribution is -0.176. The van der Waals surface area contributed by atoms with E-state index in [1.54, 1.807) is 0 Å². The highest BCUT2D eigenvalue weighted by molar-refractivity contribution is 5.82. The van der Waals surface area contributed by atoms with Gasteiger partial charge in [-0.05, 0) is 13.1 Å². The van der Waals surface area contributed by atoms with E-state index in [1.165, 1.54) is 23.6 Å². The summed E-state index contributed by atoms with van der Waals surface area (Å²) < 4.78 is 39.9. The molecule has 3 N–H and O–H groups in total. The lowest BCUT2D eigenvalue weighted by Crippen LogP contribution is -2.52. The summed E-state index contributed by atoms with van der Waals surface area (Å²) >= 11 is 0. The molecule has 1 aromatic rings. The summed E-state index contributed by atoms with van der Waals surface area (Å²) in [6.45, 7) is -0.410. The Hall–Kier alpha value is -1.60. The molecular formula is C10H12F3N3O. The molecule has 0 bridgehead atoms. The summed E-state index contributed by atoms with van der Waals surface area (Å²) in [6.07, 6.45) is 0. The highest BCUT2D eigenvalue weighted by atomic mass is 19.3. The molecule has 0 saturated heterocycles. The zero-order valence-electron chi connectivity index (χ0n) is 9.08. The van der Waals surface area contributed by atoms with Gasteiger partial charge in [0.05, 0.1) is 0 Å². The molecular weight excluding hydrogens is 235 g/mol. The fourth-order valence-electron chi connectivity index (χ4n) is 1.24. The third-order valence-electron chi connectivity index (χ3n) is 2.25. The van der Waals surface area contributed by atoms with Crippen LogP contribution in [0.3, 0.4) is 0 Å². The van der Waals surface area contributed by atoms with Gasteiger partial charge in [-0.25, -0.2) is 15.1 Å². The predicted molar refractivity (Wildman–Crippen MR) is 55.1 cm³/mol. The van der Waals surface area contributed by atoms with Crippen LogP contribution in [0.2, 0.25) is 0 Å². The number of likely N-dealkylation sites (N-methyl/N-ethyl adjacent to an activating group) is 1. The molecule has 0 heterocycles. The van der Waals surface area contributed by atoms with Crippen molar-refractivity contribution in [1.82, 2.24) is 10.3 Å². The number of benzene rings is 1. The molecule has 0 atom stereocenters. The van der Waals surface area contributed by atoms with Crippen LogP contribution in [-0.4, -0.2) is 23.9 Å². The maximum atomic E-state index is 13.3. The summed E-state index contributed by atoms with van der Waals surface area (Å²) in [5, 5.41) is 0. The topological polar surface area (TPSA) is 58.4 Å². The van der Waals surface area contributed by atoms with Gasteiger partial charge in [0.2, 0.25) is 0 Å². The number of nitrogens with two attached hydrogens (primary N) is 1. The summed E-state index contributed by atoms with van der Waals surface area (Å²) in [6, 6.07) is 1.70. The number of hydrogen-bond donors (Lipinski definition) is 2. The van der Waals surface area contributed by atoms with E-state index in [1.807, 2.05) is 0 Å². The smallest absolute Gasteiger partial charge is 0.288 e. The van der Waals surface area contributed by atoms with Crippen molar-refractivity contribution in [3.63, 3.8) is 0 Å². The third kappa shape index (κ3) is 2.95. The number of rotatable bonds is 4. The average Bonchev–Trinajstić information content (AvgIpc) is 2.30. The Morgan fingerprint density at radius 1 is 1.47 bits per heavy atom. The minimum Gasteiger partial charge on any atom is -0.288 e. The van der Waals surface area contributed by atoms with Gasteiger partial charge in [-0.2, -0.15) is 8.78 Å². The molecule has 0 aliphatic heterocycles. The highest BCUT2D eigenvalue weighted by Gasteiger charge is 2.43. The first-order valence-electron chi connectivity index (χ1n) is 4.73. The summed E-state index contributed by atoms with van der Waals surface area (Å²) in [7, 11) is 1.00. The van der Waals surface area contributed by atoms with Crippen molar-refractivity contribution in [2.45, 2.75) is 12.6 Å². The van der Waals surface area contributed by atoms with E-state index in [9.17, 15) is 18.0 Å². The van der Waals surface area contributed by atoms with Crippen LogP contribution in [0.25, 0.3) is 0 Å². The molecule has 4 nitrogen and oxygen atoms in total. The first-order valence-corrected chi connectivity index (χ1v) is 4.73. The van der Waals surface area contributed by atoms with Crippen molar-refractivity contribution in [3.05, 3.63) is 35.6 Å². The second-order valence-corrected chi connectivity index (χ2v) is 3.46. The first kappa shape index (κ1) is 13.5. The number of hydrogen-bond acceptors (Lipinski definition) is 3. The molecule has 0 aliphatic rings. The zero-order chi connectivity index (χ0) is 13.1. The summed E-state index contributed by atoms with van der Waals surface area (Å²) in [4.78, 5) is 11.2. The lowest BCUT2D eigenvalue weighted by atomic mass is 10.2. The third-order valence-corrected chi connectivity index (χ3v) is 2.25. The largest absolute Gasteiger partial charge is 0.385 e. The van der Waals surface area contributed by atoms with Crippen LogP contribution in [0.4, 0.5) is 13.2 Å². The Morgan fingerprint density at radius 2 is 2.06 bits per heavy atom.